The number of hydrazine groups is 2. The van der Waals surface area contributed by atoms with E-state index in [-0.39, 0.29) is 11.8 Å². The molecule has 0 bridgehead atoms. The van der Waals surface area contributed by atoms with E-state index in [2.05, 4.69) is 55.4 Å². The average molecular weight is 373 g/mol. The zero-order valence-electron chi connectivity index (χ0n) is 16.7. The summed E-state index contributed by atoms with van der Waals surface area (Å²) >= 11 is 0. The van der Waals surface area contributed by atoms with Crippen molar-refractivity contribution in [1.29, 1.82) is 0 Å². The molecule has 2 fully saturated rings. The smallest absolute Gasteiger partial charge is 0.248 e. The molecule has 10 heteroatoms. The molecule has 0 spiro atoms. The van der Waals surface area contributed by atoms with Crippen molar-refractivity contribution in [3.8, 4) is 0 Å². The molecule has 0 aromatic carbocycles. The van der Waals surface area contributed by atoms with E-state index in [4.69, 9.17) is 0 Å². The SMILES string of the molecule is CNNC(=O)CN1CCN(C)CC1.CNNC(=O)CN1CCN(C)CC1. The second kappa shape index (κ2) is 13.0. The van der Waals surface area contributed by atoms with Gasteiger partial charge in [-0.2, -0.15) is 0 Å². The highest BCUT2D eigenvalue weighted by molar-refractivity contribution is 5.77. The van der Waals surface area contributed by atoms with Gasteiger partial charge in [-0.25, -0.2) is 10.9 Å². The molecular weight excluding hydrogens is 336 g/mol. The van der Waals surface area contributed by atoms with Crippen LogP contribution in [0.4, 0.5) is 0 Å². The first-order valence-electron chi connectivity index (χ1n) is 9.17. The van der Waals surface area contributed by atoms with E-state index >= 15 is 0 Å². The second-order valence-corrected chi connectivity index (χ2v) is 6.76. The third-order valence-electron chi connectivity index (χ3n) is 4.46. The summed E-state index contributed by atoms with van der Waals surface area (Å²) in [5.41, 5.74) is 10.4. The van der Waals surface area contributed by atoms with Crippen molar-refractivity contribution in [2.45, 2.75) is 0 Å². The summed E-state index contributed by atoms with van der Waals surface area (Å²) in [4.78, 5) is 31.2. The fourth-order valence-corrected chi connectivity index (χ4v) is 2.78. The molecule has 0 aromatic rings. The van der Waals surface area contributed by atoms with Crippen LogP contribution in [-0.2, 0) is 9.59 Å². The third kappa shape index (κ3) is 10.00. The summed E-state index contributed by atoms with van der Waals surface area (Å²) < 4.78 is 0. The van der Waals surface area contributed by atoms with Gasteiger partial charge < -0.3 is 9.80 Å². The van der Waals surface area contributed by atoms with E-state index in [9.17, 15) is 9.59 Å². The minimum atomic E-state index is 0.0343. The molecule has 0 saturated carbocycles. The zero-order chi connectivity index (χ0) is 19.4. The first kappa shape index (κ1) is 22.7. The molecule has 0 aromatic heterocycles. The quantitative estimate of drug-likeness (QED) is 0.366. The van der Waals surface area contributed by atoms with Crippen molar-refractivity contribution in [3.63, 3.8) is 0 Å². The number of likely N-dealkylation sites (N-methyl/N-ethyl adjacent to an activating group) is 2. The minimum Gasteiger partial charge on any atom is -0.304 e. The van der Waals surface area contributed by atoms with Gasteiger partial charge in [-0.1, -0.05) is 0 Å². The molecule has 152 valence electrons. The van der Waals surface area contributed by atoms with E-state index in [0.29, 0.717) is 13.1 Å². The summed E-state index contributed by atoms with van der Waals surface area (Å²) in [6.45, 7) is 9.10. The van der Waals surface area contributed by atoms with Crippen LogP contribution in [0.1, 0.15) is 0 Å². The first-order valence-corrected chi connectivity index (χ1v) is 9.17. The highest BCUT2D eigenvalue weighted by Gasteiger charge is 2.16. The Labute approximate surface area is 157 Å². The van der Waals surface area contributed by atoms with Crippen LogP contribution in [0.2, 0.25) is 0 Å². The van der Waals surface area contributed by atoms with Crippen LogP contribution in [0, 0.1) is 0 Å². The van der Waals surface area contributed by atoms with Gasteiger partial charge in [0.05, 0.1) is 13.1 Å². The lowest BCUT2D eigenvalue weighted by molar-refractivity contribution is -0.124. The molecule has 10 nitrogen and oxygen atoms in total. The van der Waals surface area contributed by atoms with Crippen LogP contribution in [0.3, 0.4) is 0 Å². The Morgan fingerprint density at radius 1 is 0.654 bits per heavy atom. The van der Waals surface area contributed by atoms with Crippen LogP contribution in [0.15, 0.2) is 0 Å². The molecule has 26 heavy (non-hydrogen) atoms. The lowest BCUT2D eigenvalue weighted by Gasteiger charge is -2.31. The highest BCUT2D eigenvalue weighted by atomic mass is 16.2. The number of piperazine rings is 2. The molecule has 0 atom stereocenters. The molecule has 2 heterocycles. The number of hydrogen-bond donors (Lipinski definition) is 4. The van der Waals surface area contributed by atoms with E-state index in [1.54, 1.807) is 14.1 Å². The largest absolute Gasteiger partial charge is 0.304 e. The summed E-state index contributed by atoms with van der Waals surface area (Å²) in [5.74, 6) is 0.0686. The van der Waals surface area contributed by atoms with Crippen molar-refractivity contribution in [2.24, 2.45) is 0 Å². The number of nitrogens with one attached hydrogen (secondary N) is 4. The van der Waals surface area contributed by atoms with Crippen molar-refractivity contribution >= 4 is 11.8 Å². The second-order valence-electron chi connectivity index (χ2n) is 6.76. The van der Waals surface area contributed by atoms with Crippen LogP contribution < -0.4 is 21.7 Å². The van der Waals surface area contributed by atoms with Gasteiger partial charge in [-0.15, -0.1) is 0 Å². The molecule has 4 N–H and O–H groups in total. The van der Waals surface area contributed by atoms with Crippen LogP contribution in [0.25, 0.3) is 0 Å². The van der Waals surface area contributed by atoms with Crippen LogP contribution in [0.5, 0.6) is 0 Å². The Kier molecular flexibility index (Phi) is 11.3. The van der Waals surface area contributed by atoms with E-state index in [0.717, 1.165) is 52.4 Å². The Morgan fingerprint density at radius 3 is 1.23 bits per heavy atom. The maximum Gasteiger partial charge on any atom is 0.248 e. The summed E-state index contributed by atoms with van der Waals surface area (Å²) in [6, 6.07) is 0. The van der Waals surface area contributed by atoms with Gasteiger partial charge in [0.25, 0.3) is 0 Å². The average Bonchev–Trinajstić information content (AvgIpc) is 2.60. The molecule has 2 amide bonds. The standard InChI is InChI=1S/2C8H18N4O/c2*1-9-10-8(13)7-12-5-3-11(2)4-6-12/h2*9H,3-7H2,1-2H3,(H,10,13). The molecule has 0 unspecified atom stereocenters. The fraction of sp³-hybridized carbons (Fsp3) is 0.875. The third-order valence-corrected chi connectivity index (χ3v) is 4.46. The van der Waals surface area contributed by atoms with Gasteiger partial charge in [-0.3, -0.25) is 30.2 Å². The first-order chi connectivity index (χ1) is 12.4. The van der Waals surface area contributed by atoms with Gasteiger partial charge in [0.1, 0.15) is 0 Å². The summed E-state index contributed by atoms with van der Waals surface area (Å²) in [5, 5.41) is 0. The van der Waals surface area contributed by atoms with Gasteiger partial charge in [-0.05, 0) is 14.1 Å². The van der Waals surface area contributed by atoms with Crippen molar-refractivity contribution in [3.05, 3.63) is 0 Å². The normalized spacial score (nSPS) is 20.2. The molecular formula is C16H36N8O2. The topological polar surface area (TPSA) is 95.2 Å². The van der Waals surface area contributed by atoms with Crippen molar-refractivity contribution in [2.75, 3.05) is 93.6 Å². The predicted octanol–water partition coefficient (Wildman–Crippen LogP) is -3.03. The minimum absolute atomic E-state index is 0.0343. The number of hydrogen-bond acceptors (Lipinski definition) is 8. The lowest BCUT2D eigenvalue weighted by atomic mass is 10.3. The van der Waals surface area contributed by atoms with E-state index in [1.807, 2.05) is 0 Å². The summed E-state index contributed by atoms with van der Waals surface area (Å²) in [7, 11) is 7.60. The van der Waals surface area contributed by atoms with Crippen molar-refractivity contribution < 1.29 is 9.59 Å². The number of amides is 2. The molecule has 2 aliphatic rings. The maximum atomic E-state index is 11.2. The molecule has 2 saturated heterocycles. The van der Waals surface area contributed by atoms with Gasteiger partial charge in [0.15, 0.2) is 0 Å². The van der Waals surface area contributed by atoms with Gasteiger partial charge >= 0.3 is 0 Å². The lowest BCUT2D eigenvalue weighted by Crippen LogP contribution is -2.49. The van der Waals surface area contributed by atoms with Crippen LogP contribution in [-0.4, -0.2) is 125 Å². The van der Waals surface area contributed by atoms with Gasteiger partial charge in [0, 0.05) is 66.5 Å². The highest BCUT2D eigenvalue weighted by Crippen LogP contribution is 1.98. The molecule has 0 radical (unpaired) electrons. The Balaban J connectivity index is 0.000000260. The van der Waals surface area contributed by atoms with E-state index < -0.39 is 0 Å². The zero-order valence-corrected chi connectivity index (χ0v) is 16.7. The number of rotatable bonds is 6. The number of nitrogens with zero attached hydrogens (tertiary/aromatic N) is 4. The number of carbonyl (C=O) groups is 2. The van der Waals surface area contributed by atoms with Crippen molar-refractivity contribution in [1.82, 2.24) is 41.3 Å². The molecule has 0 aliphatic carbocycles. The monoisotopic (exact) mass is 372 g/mol. The molecule has 2 rings (SSSR count). The predicted molar refractivity (Wildman–Crippen MR) is 102 cm³/mol. The van der Waals surface area contributed by atoms with E-state index in [1.165, 1.54) is 0 Å². The Bertz CT molecular complexity index is 369. The Hall–Kier alpha value is -1.30. The fourth-order valence-electron chi connectivity index (χ4n) is 2.78. The van der Waals surface area contributed by atoms with Crippen LogP contribution >= 0.6 is 0 Å². The Morgan fingerprint density at radius 2 is 0.962 bits per heavy atom. The summed E-state index contributed by atoms with van der Waals surface area (Å²) in [6.07, 6.45) is 0. The molecule has 2 aliphatic heterocycles. The van der Waals surface area contributed by atoms with Gasteiger partial charge in [0.2, 0.25) is 11.8 Å². The number of carbonyl (C=O) groups excluding carboxylic acids is 2. The maximum absolute atomic E-state index is 11.2.